The van der Waals surface area contributed by atoms with E-state index in [0.717, 1.165) is 23.4 Å². The fourth-order valence-electron chi connectivity index (χ4n) is 1.79. The lowest BCUT2D eigenvalue weighted by Crippen LogP contribution is -2.03. The van der Waals surface area contributed by atoms with Crippen LogP contribution in [0.1, 0.15) is 23.9 Å². The van der Waals surface area contributed by atoms with Gasteiger partial charge < -0.3 is 9.84 Å². The molecule has 0 atom stereocenters. The van der Waals surface area contributed by atoms with E-state index in [1.54, 1.807) is 18.2 Å². The minimum atomic E-state index is -0.0262. The highest BCUT2D eigenvalue weighted by Crippen LogP contribution is 2.26. The number of aliphatic hydroxyl groups is 1. The molecule has 1 aromatic carbocycles. The number of aryl methyl sites for hydroxylation is 2. The highest BCUT2D eigenvalue weighted by molar-refractivity contribution is 6.32. The average molecular weight is 281 g/mol. The van der Waals surface area contributed by atoms with Gasteiger partial charge in [0.15, 0.2) is 0 Å². The van der Waals surface area contributed by atoms with Gasteiger partial charge in [0.2, 0.25) is 0 Å². The summed E-state index contributed by atoms with van der Waals surface area (Å²) in [7, 11) is 1.90. The van der Waals surface area contributed by atoms with Crippen molar-refractivity contribution in [3.8, 4) is 5.75 Å². The van der Waals surface area contributed by atoms with E-state index in [4.69, 9.17) is 21.4 Å². The molecule has 1 aromatic heterocycles. The molecular weight excluding hydrogens is 264 g/mol. The van der Waals surface area contributed by atoms with Gasteiger partial charge in [0, 0.05) is 7.05 Å². The van der Waals surface area contributed by atoms with Crippen molar-refractivity contribution in [3.63, 3.8) is 0 Å². The van der Waals surface area contributed by atoms with E-state index < -0.39 is 0 Å². The zero-order chi connectivity index (χ0) is 13.8. The largest absolute Gasteiger partial charge is 0.486 e. The average Bonchev–Trinajstić information content (AvgIpc) is 2.78. The van der Waals surface area contributed by atoms with Crippen molar-refractivity contribution >= 4 is 11.6 Å². The number of aliphatic hydroxyl groups excluding tert-OH is 1. The molecule has 2 rings (SSSR count). The molecule has 0 amide bonds. The molecule has 4 nitrogen and oxygen atoms in total. The van der Waals surface area contributed by atoms with Crippen molar-refractivity contribution in [2.24, 2.45) is 7.05 Å². The Bertz CT molecular complexity index is 567. The zero-order valence-corrected chi connectivity index (χ0v) is 11.8. The van der Waals surface area contributed by atoms with Gasteiger partial charge in [-0.3, -0.25) is 4.68 Å². The molecule has 19 heavy (non-hydrogen) atoms. The molecule has 2 aromatic rings. The second kappa shape index (κ2) is 6.08. The molecule has 0 fully saturated rings. The Labute approximate surface area is 117 Å². The third-order valence-electron chi connectivity index (χ3n) is 2.94. The molecule has 1 N–H and O–H groups in total. The van der Waals surface area contributed by atoms with E-state index in [1.807, 2.05) is 17.8 Å². The molecule has 102 valence electrons. The molecule has 5 heteroatoms. The first-order valence-corrected chi connectivity index (χ1v) is 6.55. The van der Waals surface area contributed by atoms with Gasteiger partial charge in [-0.15, -0.1) is 0 Å². The summed E-state index contributed by atoms with van der Waals surface area (Å²) in [5, 5.41) is 13.9. The Morgan fingerprint density at radius 3 is 2.74 bits per heavy atom. The summed E-state index contributed by atoms with van der Waals surface area (Å²) in [6, 6.07) is 7.29. The van der Waals surface area contributed by atoms with E-state index in [0.29, 0.717) is 17.4 Å². The van der Waals surface area contributed by atoms with Gasteiger partial charge in [-0.2, -0.15) is 5.10 Å². The summed E-state index contributed by atoms with van der Waals surface area (Å²) in [6.45, 7) is 2.46. The normalized spacial score (nSPS) is 10.7. The third kappa shape index (κ3) is 3.28. The number of benzene rings is 1. The second-order valence-corrected chi connectivity index (χ2v) is 4.72. The molecule has 0 radical (unpaired) electrons. The van der Waals surface area contributed by atoms with Gasteiger partial charge >= 0.3 is 0 Å². The summed E-state index contributed by atoms with van der Waals surface area (Å²) in [5.74, 6) is 0.609. The van der Waals surface area contributed by atoms with E-state index in [-0.39, 0.29) is 6.61 Å². The maximum absolute atomic E-state index is 9.02. The van der Waals surface area contributed by atoms with Crippen LogP contribution >= 0.6 is 11.6 Å². The topological polar surface area (TPSA) is 47.3 Å². The van der Waals surface area contributed by atoms with Gasteiger partial charge in [0.05, 0.1) is 23.0 Å². The van der Waals surface area contributed by atoms with Crippen LogP contribution in [0.15, 0.2) is 24.3 Å². The van der Waals surface area contributed by atoms with Crippen LogP contribution in [0, 0.1) is 0 Å². The highest BCUT2D eigenvalue weighted by atomic mass is 35.5. The van der Waals surface area contributed by atoms with Crippen molar-refractivity contribution in [3.05, 3.63) is 46.2 Å². The molecule has 0 saturated carbocycles. The number of ether oxygens (including phenoxy) is 1. The second-order valence-electron chi connectivity index (χ2n) is 4.32. The summed E-state index contributed by atoms with van der Waals surface area (Å²) in [6.07, 6.45) is 0.903. The summed E-state index contributed by atoms with van der Waals surface area (Å²) in [5.41, 5.74) is 2.81. The van der Waals surface area contributed by atoms with Crippen molar-refractivity contribution in [2.75, 3.05) is 0 Å². The fourth-order valence-corrected chi connectivity index (χ4v) is 2.05. The SMILES string of the molecule is CCc1cc(COc2ccc(CO)cc2Cl)n(C)n1. The molecule has 0 unspecified atom stereocenters. The third-order valence-corrected chi connectivity index (χ3v) is 3.24. The fraction of sp³-hybridized carbons (Fsp3) is 0.357. The van der Waals surface area contributed by atoms with Crippen molar-refractivity contribution < 1.29 is 9.84 Å². The number of hydrogen-bond acceptors (Lipinski definition) is 3. The summed E-state index contributed by atoms with van der Waals surface area (Å²) < 4.78 is 7.50. The lowest BCUT2D eigenvalue weighted by molar-refractivity contribution is 0.280. The van der Waals surface area contributed by atoms with Crippen molar-refractivity contribution in [1.29, 1.82) is 0 Å². The van der Waals surface area contributed by atoms with Gasteiger partial charge in [0.25, 0.3) is 0 Å². The van der Waals surface area contributed by atoms with E-state index in [9.17, 15) is 0 Å². The van der Waals surface area contributed by atoms with Gasteiger partial charge in [-0.1, -0.05) is 24.6 Å². The molecule has 0 aliphatic heterocycles. The van der Waals surface area contributed by atoms with Crippen LogP contribution in [0.2, 0.25) is 5.02 Å². The van der Waals surface area contributed by atoms with Crippen LogP contribution in [-0.4, -0.2) is 14.9 Å². The Balaban J connectivity index is 2.07. The van der Waals surface area contributed by atoms with Crippen LogP contribution in [0.5, 0.6) is 5.75 Å². The van der Waals surface area contributed by atoms with Crippen LogP contribution in [0.4, 0.5) is 0 Å². The number of hydrogen-bond donors (Lipinski definition) is 1. The number of rotatable bonds is 5. The maximum atomic E-state index is 9.02. The van der Waals surface area contributed by atoms with Crippen LogP contribution in [0.25, 0.3) is 0 Å². The van der Waals surface area contributed by atoms with Crippen molar-refractivity contribution in [1.82, 2.24) is 9.78 Å². The molecule has 0 aliphatic rings. The standard InChI is InChI=1S/C14H17ClN2O2/c1-3-11-7-12(17(2)16-11)9-19-14-5-4-10(8-18)6-13(14)15/h4-7,18H,3,8-9H2,1-2H3. The van der Waals surface area contributed by atoms with E-state index >= 15 is 0 Å². The monoisotopic (exact) mass is 280 g/mol. The van der Waals surface area contributed by atoms with E-state index in [2.05, 4.69) is 12.0 Å². The quantitative estimate of drug-likeness (QED) is 0.916. The highest BCUT2D eigenvalue weighted by Gasteiger charge is 2.07. The number of aromatic nitrogens is 2. The molecule has 1 heterocycles. The first kappa shape index (κ1) is 13.9. The van der Waals surface area contributed by atoms with Crippen LogP contribution in [-0.2, 0) is 26.7 Å². The molecule has 0 aliphatic carbocycles. The maximum Gasteiger partial charge on any atom is 0.138 e. The first-order chi connectivity index (χ1) is 9.13. The van der Waals surface area contributed by atoms with Crippen LogP contribution < -0.4 is 4.74 Å². The van der Waals surface area contributed by atoms with Gasteiger partial charge in [0.1, 0.15) is 12.4 Å². The lowest BCUT2D eigenvalue weighted by atomic mass is 10.2. The molecular formula is C14H17ClN2O2. The predicted octanol–water partition coefficient (Wildman–Crippen LogP) is 2.71. The minimum absolute atomic E-state index is 0.0262. The first-order valence-electron chi connectivity index (χ1n) is 6.18. The molecule has 0 bridgehead atoms. The van der Waals surface area contributed by atoms with Crippen molar-refractivity contribution in [2.45, 2.75) is 26.6 Å². The van der Waals surface area contributed by atoms with Crippen LogP contribution in [0.3, 0.4) is 0 Å². The zero-order valence-electron chi connectivity index (χ0n) is 11.1. The Morgan fingerprint density at radius 1 is 1.37 bits per heavy atom. The summed E-state index contributed by atoms with van der Waals surface area (Å²) in [4.78, 5) is 0. The smallest absolute Gasteiger partial charge is 0.138 e. The van der Waals surface area contributed by atoms with E-state index in [1.165, 1.54) is 0 Å². The predicted molar refractivity (Wildman–Crippen MR) is 74.3 cm³/mol. The number of nitrogens with zero attached hydrogens (tertiary/aromatic N) is 2. The summed E-state index contributed by atoms with van der Waals surface area (Å²) >= 11 is 6.09. The lowest BCUT2D eigenvalue weighted by Gasteiger charge is -2.09. The van der Waals surface area contributed by atoms with Gasteiger partial charge in [-0.05, 0) is 30.2 Å². The molecule has 0 spiro atoms. The Hall–Kier alpha value is -1.52. The molecule has 0 saturated heterocycles. The Kier molecular flexibility index (Phi) is 4.45. The van der Waals surface area contributed by atoms with Gasteiger partial charge in [-0.25, -0.2) is 0 Å². The Morgan fingerprint density at radius 2 is 2.16 bits per heavy atom. The minimum Gasteiger partial charge on any atom is -0.486 e. The number of halogens is 1.